The third-order valence-corrected chi connectivity index (χ3v) is 9.76. The molecule has 0 aromatic carbocycles. The largest absolute Gasteiger partial charge is 0.481 e. The zero-order chi connectivity index (χ0) is 34.1. The van der Waals surface area contributed by atoms with Crippen molar-refractivity contribution in [2.75, 3.05) is 32.0 Å². The molecule has 1 amide bonds. The summed E-state index contributed by atoms with van der Waals surface area (Å²) in [6.45, 7) is -1.36. The van der Waals surface area contributed by atoms with Gasteiger partial charge in [0.1, 0.15) is 47.9 Å². The number of phosphoric acid groups is 2. The smallest absolute Gasteiger partial charge is 0.387 e. The van der Waals surface area contributed by atoms with Gasteiger partial charge in [0.15, 0.2) is 36.2 Å². The Balaban J connectivity index is 1.15. The lowest BCUT2D eigenvalue weighted by atomic mass is 10.1. The Morgan fingerprint density at radius 1 is 1.00 bits per heavy atom. The van der Waals surface area contributed by atoms with E-state index in [2.05, 4.69) is 24.6 Å². The van der Waals surface area contributed by atoms with Gasteiger partial charge in [-0.05, 0) is 6.07 Å². The molecule has 0 spiro atoms. The minimum absolute atomic E-state index is 0.0505. The molecule has 2 unspecified atom stereocenters. The minimum atomic E-state index is -5.38. The summed E-state index contributed by atoms with van der Waals surface area (Å²) < 4.78 is 52.4. The van der Waals surface area contributed by atoms with E-state index in [-0.39, 0.29) is 35.6 Å². The average Bonchev–Trinajstić information content (AvgIpc) is 3.67. The van der Waals surface area contributed by atoms with Gasteiger partial charge >= 0.3 is 15.6 Å². The molecule has 0 aliphatic carbocycles. The van der Waals surface area contributed by atoms with E-state index >= 15 is 0 Å². The molecule has 22 nitrogen and oxygen atoms in total. The molecule has 2 fully saturated rings. The SMILES string of the molecule is NCCNC(=O)c1ccc[n+]([C@@H]2O[C@H](COP(=O)(O)OP(=O)(O)OC[C@H]3O[C@@H](n4cnc5c(N)ncnc54)[C@H](O)[C@@H]3O)[C@@H](O)[C@H]2O)c1. The number of nitrogens with one attached hydrogen (secondary N) is 1. The van der Waals surface area contributed by atoms with Crippen molar-refractivity contribution in [3.05, 3.63) is 42.7 Å². The van der Waals surface area contributed by atoms with Gasteiger partial charge in [-0.15, -0.1) is 0 Å². The minimum Gasteiger partial charge on any atom is -0.387 e. The van der Waals surface area contributed by atoms with E-state index in [1.807, 2.05) is 0 Å². The number of aliphatic hydroxyl groups excluding tert-OH is 4. The monoisotopic (exact) mass is 707 g/mol. The van der Waals surface area contributed by atoms with Gasteiger partial charge in [0, 0.05) is 19.2 Å². The predicted molar refractivity (Wildman–Crippen MR) is 152 cm³/mol. The molecule has 47 heavy (non-hydrogen) atoms. The van der Waals surface area contributed by atoms with Gasteiger partial charge in [0.05, 0.1) is 19.5 Å². The Morgan fingerprint density at radius 2 is 1.66 bits per heavy atom. The number of nitrogens with zero attached hydrogens (tertiary/aromatic N) is 5. The average molecular weight is 708 g/mol. The molecule has 2 saturated heterocycles. The molecule has 24 heteroatoms. The Kier molecular flexibility index (Phi) is 10.7. The zero-order valence-corrected chi connectivity index (χ0v) is 25.9. The van der Waals surface area contributed by atoms with E-state index in [9.17, 15) is 44.1 Å². The van der Waals surface area contributed by atoms with Crippen molar-refractivity contribution in [3.8, 4) is 0 Å². The van der Waals surface area contributed by atoms with Crippen molar-refractivity contribution >= 4 is 38.5 Å². The third-order valence-electron chi connectivity index (χ3n) is 7.15. The van der Waals surface area contributed by atoms with Crippen molar-refractivity contribution in [2.24, 2.45) is 5.73 Å². The summed E-state index contributed by atoms with van der Waals surface area (Å²) in [5.41, 5.74) is 11.7. The van der Waals surface area contributed by atoms with Crippen molar-refractivity contribution in [1.82, 2.24) is 24.8 Å². The topological polar surface area (TPSA) is 330 Å². The molecule has 0 bridgehead atoms. The number of amides is 1. The summed E-state index contributed by atoms with van der Waals surface area (Å²) in [6, 6.07) is 2.97. The van der Waals surface area contributed by atoms with Gasteiger partial charge in [-0.25, -0.2) is 24.1 Å². The van der Waals surface area contributed by atoms with Gasteiger partial charge in [0.2, 0.25) is 0 Å². The number of ether oxygens (including phenoxy) is 2. The van der Waals surface area contributed by atoms with E-state index in [1.54, 1.807) is 0 Å². The van der Waals surface area contributed by atoms with Crippen LogP contribution in [0, 0.1) is 0 Å². The molecule has 11 N–H and O–H groups in total. The molecule has 2 aliphatic rings. The number of anilines is 1. The van der Waals surface area contributed by atoms with Crippen LogP contribution < -0.4 is 21.4 Å². The highest BCUT2D eigenvalue weighted by Crippen LogP contribution is 2.60. The van der Waals surface area contributed by atoms with Crippen LogP contribution in [0.15, 0.2) is 37.2 Å². The number of aliphatic hydroxyl groups is 4. The number of fused-ring (bicyclic) bond motifs is 1. The summed E-state index contributed by atoms with van der Waals surface area (Å²) in [5, 5.41) is 44.5. The Hall–Kier alpha value is -3.05. The lowest BCUT2D eigenvalue weighted by Crippen LogP contribution is -2.46. The van der Waals surface area contributed by atoms with Crippen LogP contribution >= 0.6 is 15.6 Å². The van der Waals surface area contributed by atoms with E-state index in [0.717, 1.165) is 6.33 Å². The highest BCUT2D eigenvalue weighted by molar-refractivity contribution is 7.61. The van der Waals surface area contributed by atoms with Crippen LogP contribution in [0.4, 0.5) is 5.82 Å². The standard InChI is InChI=1S/C23H32N8O14P2/c24-3-4-26-21(36)11-2-1-5-30(6-11)22-17(34)15(32)12(43-22)7-41-46(37,38)45-47(39,40)42-8-13-16(33)18(35)23(44-13)31-10-29-14-19(25)27-9-28-20(14)31/h1-2,5-6,9-10,12-13,15-18,22-23,32-35H,3-4,7-8,24H2,(H4-,25,26,27,28,36,37,38,39,40)/p+1/t12-,13-,15-,16-,17-,18-,22-,23-/m1/s1. The second kappa shape index (κ2) is 14.2. The first-order valence-electron chi connectivity index (χ1n) is 13.8. The van der Waals surface area contributed by atoms with Crippen molar-refractivity contribution in [2.45, 2.75) is 49.1 Å². The van der Waals surface area contributed by atoms with E-state index in [0.29, 0.717) is 0 Å². The number of pyridine rings is 1. The highest BCUT2D eigenvalue weighted by Gasteiger charge is 2.50. The first-order chi connectivity index (χ1) is 22.2. The predicted octanol–water partition coefficient (Wildman–Crippen LogP) is -3.43. The second-order valence-corrected chi connectivity index (χ2v) is 13.4. The maximum Gasteiger partial charge on any atom is 0.481 e. The third kappa shape index (κ3) is 7.82. The number of hydrogen-bond acceptors (Lipinski definition) is 17. The number of phosphoric ester groups is 2. The molecular weight excluding hydrogens is 674 g/mol. The summed E-state index contributed by atoms with van der Waals surface area (Å²) in [5.74, 6) is -0.404. The van der Waals surface area contributed by atoms with E-state index in [4.69, 9.17) is 30.0 Å². The number of imidazole rings is 1. The fraction of sp³-hybridized carbons (Fsp3) is 0.522. The molecule has 3 aromatic rings. The molecule has 5 rings (SSSR count). The number of nitrogen functional groups attached to an aromatic ring is 1. The van der Waals surface area contributed by atoms with Gasteiger partial charge in [-0.1, -0.05) is 0 Å². The van der Waals surface area contributed by atoms with Crippen molar-refractivity contribution in [1.29, 1.82) is 0 Å². The van der Waals surface area contributed by atoms with Gasteiger partial charge in [-0.3, -0.25) is 18.4 Å². The van der Waals surface area contributed by atoms with Crippen LogP contribution in [-0.2, 0) is 32.0 Å². The number of hydrogen-bond donors (Lipinski definition) is 9. The summed E-state index contributed by atoms with van der Waals surface area (Å²) in [4.78, 5) is 44.3. The normalized spacial score (nSPS) is 30.3. The number of nitrogens with two attached hydrogens (primary N) is 2. The van der Waals surface area contributed by atoms with Crippen LogP contribution in [0.1, 0.15) is 22.8 Å². The molecular formula is C23H33N8O14P2+. The number of rotatable bonds is 13. The maximum atomic E-state index is 12.5. The van der Waals surface area contributed by atoms with Crippen molar-refractivity contribution in [3.63, 3.8) is 0 Å². The molecule has 10 atom stereocenters. The maximum absolute atomic E-state index is 12.5. The molecule has 5 heterocycles. The summed E-state index contributed by atoms with van der Waals surface area (Å²) in [7, 11) is -10.8. The quantitative estimate of drug-likeness (QED) is 0.0616. The van der Waals surface area contributed by atoms with Crippen LogP contribution in [0.25, 0.3) is 11.2 Å². The summed E-state index contributed by atoms with van der Waals surface area (Å²) >= 11 is 0. The molecule has 3 aromatic heterocycles. The molecule has 0 saturated carbocycles. The first-order valence-corrected chi connectivity index (χ1v) is 16.8. The van der Waals surface area contributed by atoms with Gasteiger partial charge < -0.3 is 56.5 Å². The van der Waals surface area contributed by atoms with Crippen LogP contribution in [0.2, 0.25) is 0 Å². The Labute approximate surface area is 264 Å². The van der Waals surface area contributed by atoms with E-state index in [1.165, 1.54) is 40.0 Å². The number of carbonyl (C=O) groups is 1. The fourth-order valence-electron chi connectivity index (χ4n) is 4.85. The van der Waals surface area contributed by atoms with Gasteiger partial charge in [-0.2, -0.15) is 8.88 Å². The zero-order valence-electron chi connectivity index (χ0n) is 24.1. The van der Waals surface area contributed by atoms with Gasteiger partial charge in [0.25, 0.3) is 12.1 Å². The molecule has 258 valence electrons. The highest BCUT2D eigenvalue weighted by atomic mass is 31.3. The van der Waals surface area contributed by atoms with Crippen LogP contribution in [-0.4, -0.2) is 119 Å². The van der Waals surface area contributed by atoms with Crippen LogP contribution in [0.3, 0.4) is 0 Å². The molecule has 2 aliphatic heterocycles. The number of aromatic nitrogens is 5. The summed E-state index contributed by atoms with van der Waals surface area (Å²) in [6.07, 6.45) is -6.73. The first kappa shape index (κ1) is 35.3. The van der Waals surface area contributed by atoms with E-state index < -0.39 is 83.8 Å². The number of carbonyl (C=O) groups excluding carboxylic acids is 1. The molecule has 0 radical (unpaired) electrons. The second-order valence-electron chi connectivity index (χ2n) is 10.4. The lowest BCUT2D eigenvalue weighted by molar-refractivity contribution is -0.765. The Morgan fingerprint density at radius 3 is 2.34 bits per heavy atom. The lowest BCUT2D eigenvalue weighted by Gasteiger charge is -2.20. The van der Waals surface area contributed by atoms with Crippen molar-refractivity contribution < 1.29 is 71.5 Å². The Bertz CT molecular complexity index is 1680. The van der Waals surface area contributed by atoms with Crippen LogP contribution in [0.5, 0.6) is 0 Å². The fourth-order valence-corrected chi connectivity index (χ4v) is 6.94.